The number of benzene rings is 1. The van der Waals surface area contributed by atoms with Crippen LogP contribution in [0.15, 0.2) is 40.4 Å². The number of hydrogen-bond acceptors (Lipinski definition) is 4. The Labute approximate surface area is 80.8 Å². The van der Waals surface area contributed by atoms with E-state index in [1.54, 1.807) is 0 Å². The van der Waals surface area contributed by atoms with Crippen LogP contribution in [0.3, 0.4) is 0 Å². The van der Waals surface area contributed by atoms with E-state index in [0.29, 0.717) is 0 Å². The van der Waals surface area contributed by atoms with Crippen LogP contribution in [0.25, 0.3) is 0 Å². The van der Waals surface area contributed by atoms with Crippen molar-refractivity contribution in [3.8, 4) is 0 Å². The van der Waals surface area contributed by atoms with Gasteiger partial charge in [-0.25, -0.2) is 0 Å². The van der Waals surface area contributed by atoms with Crippen LogP contribution >= 0.6 is 11.8 Å². The number of nitrogens with zero attached hydrogens (tertiary/aromatic N) is 1. The first-order valence-electron chi connectivity index (χ1n) is 3.66. The SMILES string of the molecule is CON=CC(=O)Sc1ccccc1. The average molecular weight is 195 g/mol. The first-order chi connectivity index (χ1) is 6.33. The van der Waals surface area contributed by atoms with Crippen LogP contribution in [0.5, 0.6) is 0 Å². The highest BCUT2D eigenvalue weighted by atomic mass is 32.2. The van der Waals surface area contributed by atoms with Crippen LogP contribution in [0, 0.1) is 0 Å². The lowest BCUT2D eigenvalue weighted by atomic mass is 10.4. The van der Waals surface area contributed by atoms with Gasteiger partial charge in [0.15, 0.2) is 0 Å². The summed E-state index contributed by atoms with van der Waals surface area (Å²) in [6.45, 7) is 0. The molecule has 0 bridgehead atoms. The lowest BCUT2D eigenvalue weighted by molar-refractivity contribution is -0.105. The number of carbonyl (C=O) groups is 1. The van der Waals surface area contributed by atoms with Gasteiger partial charge in [0.05, 0.1) is 0 Å². The Balaban J connectivity index is 2.50. The van der Waals surface area contributed by atoms with E-state index in [-0.39, 0.29) is 5.12 Å². The van der Waals surface area contributed by atoms with Gasteiger partial charge in [0, 0.05) is 4.90 Å². The minimum absolute atomic E-state index is 0.145. The van der Waals surface area contributed by atoms with E-state index < -0.39 is 0 Å². The fourth-order valence-corrected chi connectivity index (χ4v) is 1.35. The Morgan fingerprint density at radius 3 is 2.77 bits per heavy atom. The average Bonchev–Trinajstić information content (AvgIpc) is 2.16. The van der Waals surface area contributed by atoms with Crippen LogP contribution in [0.4, 0.5) is 0 Å². The number of hydrogen-bond donors (Lipinski definition) is 0. The lowest BCUT2D eigenvalue weighted by Gasteiger charge is -1.94. The molecule has 3 nitrogen and oxygen atoms in total. The van der Waals surface area contributed by atoms with Gasteiger partial charge in [0.1, 0.15) is 13.3 Å². The largest absolute Gasteiger partial charge is 0.399 e. The highest BCUT2D eigenvalue weighted by molar-refractivity contribution is 8.15. The summed E-state index contributed by atoms with van der Waals surface area (Å²) in [7, 11) is 1.40. The molecular formula is C9H9NO2S. The number of oxime groups is 1. The molecule has 4 heteroatoms. The third-order valence-corrected chi connectivity index (χ3v) is 2.04. The molecule has 0 unspecified atom stereocenters. The van der Waals surface area contributed by atoms with Crippen molar-refractivity contribution < 1.29 is 9.63 Å². The van der Waals surface area contributed by atoms with Crippen molar-refractivity contribution in [2.75, 3.05) is 7.11 Å². The molecule has 0 amide bonds. The third-order valence-electron chi connectivity index (χ3n) is 1.23. The maximum atomic E-state index is 11.1. The molecule has 0 aliphatic heterocycles. The molecule has 0 aliphatic carbocycles. The summed E-state index contributed by atoms with van der Waals surface area (Å²) < 4.78 is 0. The molecule has 0 atom stereocenters. The molecule has 0 saturated carbocycles. The highest BCUT2D eigenvalue weighted by Gasteiger charge is 1.99. The van der Waals surface area contributed by atoms with Crippen molar-refractivity contribution in [3.63, 3.8) is 0 Å². The molecule has 13 heavy (non-hydrogen) atoms. The zero-order valence-electron chi connectivity index (χ0n) is 7.14. The fraction of sp³-hybridized carbons (Fsp3) is 0.111. The van der Waals surface area contributed by atoms with Crippen LogP contribution in [0.1, 0.15) is 0 Å². The van der Waals surface area contributed by atoms with Crippen LogP contribution in [-0.2, 0) is 9.63 Å². The number of rotatable bonds is 3. The summed E-state index contributed by atoms with van der Waals surface area (Å²) in [6, 6.07) is 9.39. The van der Waals surface area contributed by atoms with E-state index in [0.717, 1.165) is 22.9 Å². The summed E-state index contributed by atoms with van der Waals surface area (Å²) in [4.78, 5) is 16.4. The predicted octanol–water partition coefficient (Wildman–Crippen LogP) is 1.94. The second-order valence-corrected chi connectivity index (χ2v) is 3.23. The Kier molecular flexibility index (Phi) is 4.05. The molecule has 1 aromatic carbocycles. The van der Waals surface area contributed by atoms with E-state index in [4.69, 9.17) is 0 Å². The van der Waals surface area contributed by atoms with E-state index in [2.05, 4.69) is 9.99 Å². The van der Waals surface area contributed by atoms with Crippen LogP contribution < -0.4 is 0 Å². The number of thioether (sulfide) groups is 1. The molecule has 0 spiro atoms. The minimum atomic E-state index is -0.145. The van der Waals surface area contributed by atoms with Gasteiger partial charge in [-0.15, -0.1) is 0 Å². The highest BCUT2D eigenvalue weighted by Crippen LogP contribution is 2.16. The Hall–Kier alpha value is -1.29. The van der Waals surface area contributed by atoms with Crippen LogP contribution in [0.2, 0.25) is 0 Å². The van der Waals surface area contributed by atoms with Gasteiger partial charge in [-0.1, -0.05) is 23.4 Å². The van der Waals surface area contributed by atoms with Crippen molar-refractivity contribution in [2.24, 2.45) is 5.16 Å². The second-order valence-electron chi connectivity index (χ2n) is 2.15. The molecule has 68 valence electrons. The minimum Gasteiger partial charge on any atom is -0.399 e. The molecule has 0 fully saturated rings. The standard InChI is InChI=1S/C9H9NO2S/c1-12-10-7-9(11)13-8-5-3-2-4-6-8/h2-7H,1H3. The summed E-state index contributed by atoms with van der Waals surface area (Å²) >= 11 is 1.12. The molecule has 0 saturated heterocycles. The van der Waals surface area contributed by atoms with Gasteiger partial charge in [0.25, 0.3) is 0 Å². The van der Waals surface area contributed by atoms with Crippen molar-refractivity contribution in [2.45, 2.75) is 4.90 Å². The van der Waals surface area contributed by atoms with Crippen molar-refractivity contribution in [1.82, 2.24) is 0 Å². The van der Waals surface area contributed by atoms with E-state index in [1.807, 2.05) is 30.3 Å². The van der Waals surface area contributed by atoms with Gasteiger partial charge in [-0.05, 0) is 23.9 Å². The maximum absolute atomic E-state index is 11.1. The van der Waals surface area contributed by atoms with E-state index in [9.17, 15) is 4.79 Å². The monoisotopic (exact) mass is 195 g/mol. The summed E-state index contributed by atoms with van der Waals surface area (Å²) in [5.74, 6) is 0. The summed E-state index contributed by atoms with van der Waals surface area (Å²) in [5.41, 5.74) is 0. The van der Waals surface area contributed by atoms with Crippen molar-refractivity contribution in [1.29, 1.82) is 0 Å². The first-order valence-corrected chi connectivity index (χ1v) is 4.48. The molecule has 0 aromatic heterocycles. The smallest absolute Gasteiger partial charge is 0.238 e. The number of carbonyl (C=O) groups excluding carboxylic acids is 1. The van der Waals surface area contributed by atoms with Gasteiger partial charge in [-0.2, -0.15) is 0 Å². The van der Waals surface area contributed by atoms with Crippen molar-refractivity contribution >= 4 is 23.1 Å². The van der Waals surface area contributed by atoms with Gasteiger partial charge in [0.2, 0.25) is 5.12 Å². The molecule has 0 heterocycles. The van der Waals surface area contributed by atoms with E-state index in [1.165, 1.54) is 7.11 Å². The summed E-state index contributed by atoms with van der Waals surface area (Å²) in [5, 5.41) is 3.23. The second kappa shape index (κ2) is 5.37. The molecule has 0 radical (unpaired) electrons. The van der Waals surface area contributed by atoms with Gasteiger partial charge < -0.3 is 4.84 Å². The fourth-order valence-electron chi connectivity index (χ4n) is 0.727. The third kappa shape index (κ3) is 3.75. The zero-order valence-corrected chi connectivity index (χ0v) is 7.95. The van der Waals surface area contributed by atoms with Crippen LogP contribution in [-0.4, -0.2) is 18.4 Å². The van der Waals surface area contributed by atoms with Gasteiger partial charge in [-0.3, -0.25) is 4.79 Å². The Bertz CT molecular complexity index is 298. The quantitative estimate of drug-likeness (QED) is 0.420. The van der Waals surface area contributed by atoms with Gasteiger partial charge >= 0.3 is 0 Å². The topological polar surface area (TPSA) is 38.7 Å². The predicted molar refractivity (Wildman–Crippen MR) is 52.8 cm³/mol. The van der Waals surface area contributed by atoms with E-state index >= 15 is 0 Å². The Morgan fingerprint density at radius 1 is 1.46 bits per heavy atom. The Morgan fingerprint density at radius 2 is 2.15 bits per heavy atom. The lowest BCUT2D eigenvalue weighted by Crippen LogP contribution is -1.92. The summed E-state index contributed by atoms with van der Waals surface area (Å²) in [6.07, 6.45) is 1.15. The maximum Gasteiger partial charge on any atom is 0.238 e. The zero-order chi connectivity index (χ0) is 9.52. The van der Waals surface area contributed by atoms with Crippen molar-refractivity contribution in [3.05, 3.63) is 30.3 Å². The molecular weight excluding hydrogens is 186 g/mol. The molecule has 1 rings (SSSR count). The first kappa shape index (κ1) is 9.80. The molecule has 0 N–H and O–H groups in total. The normalized spacial score (nSPS) is 10.2. The molecule has 0 aliphatic rings. The molecule has 1 aromatic rings.